The van der Waals surface area contributed by atoms with E-state index in [4.69, 9.17) is 22.1 Å². The minimum Gasteiger partial charge on any atom is -0.376 e. The van der Waals surface area contributed by atoms with Crippen LogP contribution in [0.1, 0.15) is 39.0 Å². The summed E-state index contributed by atoms with van der Waals surface area (Å²) in [5, 5.41) is 3.47. The number of carbonyl (C=O) groups is 1. The first kappa shape index (κ1) is 28.4. The number of anilines is 2. The Hall–Kier alpha value is -2.16. The third kappa shape index (κ3) is 6.28. The molecule has 1 spiro atoms. The van der Waals surface area contributed by atoms with E-state index in [1.807, 2.05) is 6.92 Å². The maximum atomic E-state index is 12.5. The average molecular weight is 596 g/mol. The summed E-state index contributed by atoms with van der Waals surface area (Å²) in [5.41, 5.74) is 6.77. The van der Waals surface area contributed by atoms with Gasteiger partial charge in [-0.15, -0.1) is 0 Å². The molecule has 0 radical (unpaired) electrons. The molecule has 4 N–H and O–H groups in total. The Morgan fingerprint density at radius 1 is 1.15 bits per heavy atom. The van der Waals surface area contributed by atoms with E-state index in [0.29, 0.717) is 28.7 Å². The Morgan fingerprint density at radius 3 is 2.54 bits per heavy atom. The normalized spacial score (nSPS) is 23.6. The van der Waals surface area contributed by atoms with Crippen molar-refractivity contribution in [2.45, 2.75) is 61.1 Å². The maximum Gasteiger partial charge on any atom is 0.333 e. The quantitative estimate of drug-likeness (QED) is 0.457. The van der Waals surface area contributed by atoms with Gasteiger partial charge >= 0.3 is 16.2 Å². The largest absolute Gasteiger partial charge is 0.376 e. The van der Waals surface area contributed by atoms with E-state index >= 15 is 0 Å². The van der Waals surface area contributed by atoms with Gasteiger partial charge in [-0.1, -0.05) is 35.9 Å². The number of hydrogen-bond donors (Lipinski definition) is 3. The van der Waals surface area contributed by atoms with E-state index in [-0.39, 0.29) is 22.6 Å². The fourth-order valence-corrected chi connectivity index (χ4v) is 7.64. The van der Waals surface area contributed by atoms with E-state index in [0.717, 1.165) is 57.6 Å². The highest BCUT2D eigenvalue weighted by molar-refractivity contribution is 7.99. The second-order valence-corrected chi connectivity index (χ2v) is 13.5. The van der Waals surface area contributed by atoms with Crippen molar-refractivity contribution in [3.05, 3.63) is 35.6 Å². The number of nitrogens with zero attached hydrogens (tertiary/aromatic N) is 4. The Kier molecular flexibility index (Phi) is 8.55. The lowest BCUT2D eigenvalue weighted by atomic mass is 9.73. The first-order valence-electron chi connectivity index (χ1n) is 13.2. The molecule has 2 aromatic rings. The number of ether oxygens (including phenoxy) is 1. The number of rotatable bonds is 6. The summed E-state index contributed by atoms with van der Waals surface area (Å²) in [7, 11) is -3.91. The topological polar surface area (TPSA) is 143 Å². The molecular weight excluding hydrogens is 562 g/mol. The minimum absolute atomic E-state index is 0.0452. The highest BCUT2D eigenvalue weighted by Gasteiger charge is 2.47. The van der Waals surface area contributed by atoms with Crippen molar-refractivity contribution in [3.8, 4) is 0 Å². The van der Waals surface area contributed by atoms with E-state index < -0.39 is 16.2 Å². The summed E-state index contributed by atoms with van der Waals surface area (Å²) in [6.07, 6.45) is 8.00. The molecule has 0 saturated carbocycles. The Morgan fingerprint density at radius 2 is 1.90 bits per heavy atom. The molecule has 3 aliphatic heterocycles. The number of amides is 2. The second-order valence-electron chi connectivity index (χ2n) is 10.3. The van der Waals surface area contributed by atoms with Crippen LogP contribution in [0.15, 0.2) is 40.5 Å². The molecule has 2 amide bonds. The van der Waals surface area contributed by atoms with Crippen molar-refractivity contribution in [1.29, 1.82) is 0 Å². The van der Waals surface area contributed by atoms with Crippen LogP contribution in [0.25, 0.3) is 0 Å². The van der Waals surface area contributed by atoms with E-state index in [2.05, 4.69) is 24.9 Å². The summed E-state index contributed by atoms with van der Waals surface area (Å²) in [4.78, 5) is 24.5. The standard InChI is InChI=1S/C25H34ClN7O4S2/c1-17-23(27)25(16-37-17)8-12-32(13-9-25)20-14-29-21(15-28-20)38-19-7-5-6-18(22(19)26)30-24(34)31-39(35,36)33-10-3-2-4-11-33/h5-7,14-15,17,23H,2-4,8-13,16,27H2,1H3,(H2,30,31,34)/t17-,23+/m0/s1. The molecule has 14 heteroatoms. The third-order valence-corrected chi connectivity index (χ3v) is 10.8. The van der Waals surface area contributed by atoms with Crippen molar-refractivity contribution in [1.82, 2.24) is 19.0 Å². The van der Waals surface area contributed by atoms with Crippen molar-refractivity contribution < 1.29 is 17.9 Å². The molecule has 3 fully saturated rings. The van der Waals surface area contributed by atoms with Crippen LogP contribution in [-0.4, -0.2) is 73.7 Å². The highest BCUT2D eigenvalue weighted by atomic mass is 35.5. The number of piperidine rings is 2. The van der Waals surface area contributed by atoms with Gasteiger partial charge in [0, 0.05) is 42.5 Å². The van der Waals surface area contributed by atoms with Gasteiger partial charge in [0.1, 0.15) is 10.8 Å². The highest BCUT2D eigenvalue weighted by Crippen LogP contribution is 2.42. The molecule has 4 heterocycles. The Bertz CT molecular complexity index is 1280. The predicted octanol–water partition coefficient (Wildman–Crippen LogP) is 3.47. The molecule has 1 aromatic carbocycles. The third-order valence-electron chi connectivity index (χ3n) is 7.85. The Labute approximate surface area is 238 Å². The van der Waals surface area contributed by atoms with Crippen LogP contribution < -0.4 is 20.7 Å². The molecule has 1 aromatic heterocycles. The van der Waals surface area contributed by atoms with Crippen molar-refractivity contribution in [2.24, 2.45) is 11.1 Å². The van der Waals surface area contributed by atoms with Crippen LogP contribution in [0.3, 0.4) is 0 Å². The molecule has 3 saturated heterocycles. The van der Waals surface area contributed by atoms with Gasteiger partial charge in [0.25, 0.3) is 0 Å². The molecule has 0 aliphatic carbocycles. The van der Waals surface area contributed by atoms with Crippen LogP contribution in [0.5, 0.6) is 0 Å². The lowest BCUT2D eigenvalue weighted by Crippen LogP contribution is -2.50. The monoisotopic (exact) mass is 595 g/mol. The maximum absolute atomic E-state index is 12.5. The molecule has 3 aliphatic rings. The fourth-order valence-electron chi connectivity index (χ4n) is 5.41. The van der Waals surface area contributed by atoms with Crippen LogP contribution in [0.2, 0.25) is 5.02 Å². The zero-order valence-electron chi connectivity index (χ0n) is 21.8. The van der Waals surface area contributed by atoms with Gasteiger partial charge in [0.2, 0.25) is 0 Å². The number of hydrogen-bond acceptors (Lipinski definition) is 9. The summed E-state index contributed by atoms with van der Waals surface area (Å²) in [6, 6.07) is 4.33. The van der Waals surface area contributed by atoms with Crippen LogP contribution >= 0.6 is 23.4 Å². The molecule has 39 heavy (non-hydrogen) atoms. The number of urea groups is 1. The van der Waals surface area contributed by atoms with E-state index in [1.54, 1.807) is 30.6 Å². The molecule has 212 valence electrons. The van der Waals surface area contributed by atoms with E-state index in [9.17, 15) is 13.2 Å². The van der Waals surface area contributed by atoms with Crippen molar-refractivity contribution >= 4 is 51.1 Å². The number of aromatic nitrogens is 2. The summed E-state index contributed by atoms with van der Waals surface area (Å²) in [6.45, 7) is 5.25. The zero-order chi connectivity index (χ0) is 27.6. The van der Waals surface area contributed by atoms with Gasteiger partial charge in [0.05, 0.1) is 35.8 Å². The number of nitrogens with two attached hydrogens (primary N) is 1. The number of halogens is 1. The predicted molar refractivity (Wildman–Crippen MR) is 151 cm³/mol. The Balaban J connectivity index is 1.18. The van der Waals surface area contributed by atoms with Gasteiger partial charge < -0.3 is 20.7 Å². The SMILES string of the molecule is C[C@@H]1OCC2(CCN(c3cnc(Sc4cccc(NC(=O)NS(=O)(=O)N5CCCCC5)c4Cl)cn3)CC2)[C@@H]1N. The molecule has 11 nitrogen and oxygen atoms in total. The van der Waals surface area contributed by atoms with Crippen LogP contribution in [0, 0.1) is 5.41 Å². The average Bonchev–Trinajstić information content (AvgIpc) is 3.20. The fraction of sp³-hybridized carbons (Fsp3) is 0.560. The lowest BCUT2D eigenvalue weighted by Gasteiger charge is -2.41. The summed E-state index contributed by atoms with van der Waals surface area (Å²) >= 11 is 7.86. The van der Waals surface area contributed by atoms with Gasteiger partial charge in [-0.2, -0.15) is 12.7 Å². The number of carbonyl (C=O) groups excluding carboxylic acids is 1. The first-order chi connectivity index (χ1) is 18.7. The first-order valence-corrected chi connectivity index (χ1v) is 15.8. The molecule has 2 atom stereocenters. The molecule has 5 rings (SSSR count). The molecule has 0 bridgehead atoms. The zero-order valence-corrected chi connectivity index (χ0v) is 24.2. The molecule has 0 unspecified atom stereocenters. The minimum atomic E-state index is -3.91. The van der Waals surface area contributed by atoms with Crippen molar-refractivity contribution in [2.75, 3.05) is 43.0 Å². The van der Waals surface area contributed by atoms with Gasteiger partial charge in [-0.3, -0.25) is 0 Å². The van der Waals surface area contributed by atoms with Gasteiger partial charge in [-0.05, 0) is 44.7 Å². The summed E-state index contributed by atoms with van der Waals surface area (Å²) in [5.74, 6) is 0.808. The van der Waals surface area contributed by atoms with Crippen LogP contribution in [-0.2, 0) is 14.9 Å². The number of nitrogens with one attached hydrogen (secondary N) is 2. The van der Waals surface area contributed by atoms with Crippen molar-refractivity contribution in [3.63, 3.8) is 0 Å². The lowest BCUT2D eigenvalue weighted by molar-refractivity contribution is 0.0974. The molecular formula is C25H34ClN7O4S2. The number of benzene rings is 1. The second kappa shape index (κ2) is 11.8. The summed E-state index contributed by atoms with van der Waals surface area (Å²) < 4.78 is 34.2. The smallest absolute Gasteiger partial charge is 0.333 e. The van der Waals surface area contributed by atoms with Gasteiger partial charge in [0.15, 0.2) is 0 Å². The van der Waals surface area contributed by atoms with Gasteiger partial charge in [-0.25, -0.2) is 19.5 Å². The van der Waals surface area contributed by atoms with Crippen LogP contribution in [0.4, 0.5) is 16.3 Å². The van der Waals surface area contributed by atoms with E-state index in [1.165, 1.54) is 16.1 Å².